The average Bonchev–Trinajstić information content (AvgIpc) is 3.17. The van der Waals surface area contributed by atoms with E-state index in [-0.39, 0.29) is 0 Å². The van der Waals surface area contributed by atoms with Crippen molar-refractivity contribution >= 4 is 46.5 Å². The van der Waals surface area contributed by atoms with E-state index in [1.807, 2.05) is 6.08 Å². The fourth-order valence-corrected chi connectivity index (χ4v) is 8.27. The zero-order chi connectivity index (χ0) is 37.1. The number of benzene rings is 2. The molecule has 2 aromatic carbocycles. The molecule has 3 saturated heterocycles. The molecule has 4 aliphatic rings. The Morgan fingerprint density at radius 1 is 1.02 bits per heavy atom. The number of nitrogens with zero attached hydrogens (tertiary/aromatic N) is 6. The molecule has 276 valence electrons. The highest BCUT2D eigenvalue weighted by Gasteiger charge is 2.27. The van der Waals surface area contributed by atoms with Crippen molar-refractivity contribution in [3.8, 4) is 0 Å². The number of rotatable bonds is 11. The van der Waals surface area contributed by atoms with E-state index in [1.54, 1.807) is 6.20 Å². The molecule has 0 saturated carbocycles. The van der Waals surface area contributed by atoms with Crippen molar-refractivity contribution in [3.05, 3.63) is 132 Å². The van der Waals surface area contributed by atoms with E-state index in [1.165, 1.54) is 16.7 Å². The molecule has 0 spiro atoms. The fourth-order valence-electron chi connectivity index (χ4n) is 8.13. The minimum Gasteiger partial charge on any atom is -0.369 e. The third-order valence-corrected chi connectivity index (χ3v) is 11.7. The molecule has 53 heavy (non-hydrogen) atoms. The first kappa shape index (κ1) is 36.6. The van der Waals surface area contributed by atoms with E-state index in [9.17, 15) is 0 Å². The minimum absolute atomic E-state index is 0.310. The molecule has 0 radical (unpaired) electrons. The first-order chi connectivity index (χ1) is 25.7. The van der Waals surface area contributed by atoms with Crippen LogP contribution in [0.15, 0.2) is 110 Å². The number of anilines is 4. The Hall–Kier alpha value is -4.79. The van der Waals surface area contributed by atoms with Crippen LogP contribution in [0.25, 0.3) is 11.8 Å². The van der Waals surface area contributed by atoms with E-state index in [0.29, 0.717) is 22.7 Å². The van der Waals surface area contributed by atoms with Crippen LogP contribution in [-0.4, -0.2) is 72.6 Å². The van der Waals surface area contributed by atoms with Crippen LogP contribution in [0, 0.1) is 5.92 Å². The van der Waals surface area contributed by atoms with Crippen molar-refractivity contribution in [1.29, 1.82) is 0 Å². The van der Waals surface area contributed by atoms with Crippen molar-refractivity contribution in [2.45, 2.75) is 44.4 Å². The highest BCUT2D eigenvalue weighted by molar-refractivity contribution is 6.32. The molecule has 9 heteroatoms. The normalized spacial score (nSPS) is 19.8. The van der Waals surface area contributed by atoms with Crippen LogP contribution in [0.2, 0.25) is 5.02 Å². The van der Waals surface area contributed by atoms with Crippen molar-refractivity contribution in [3.63, 3.8) is 0 Å². The van der Waals surface area contributed by atoms with Gasteiger partial charge in [-0.1, -0.05) is 62.2 Å². The molecule has 0 aliphatic carbocycles. The van der Waals surface area contributed by atoms with E-state index in [2.05, 4.69) is 124 Å². The lowest BCUT2D eigenvalue weighted by molar-refractivity contribution is 0.145. The van der Waals surface area contributed by atoms with Gasteiger partial charge in [0.05, 0.1) is 6.20 Å². The number of hydrogen-bond acceptors (Lipinski definition) is 8. The quantitative estimate of drug-likeness (QED) is 0.190. The third-order valence-electron chi connectivity index (χ3n) is 11.4. The summed E-state index contributed by atoms with van der Waals surface area (Å²) < 4.78 is 0. The summed E-state index contributed by atoms with van der Waals surface area (Å²) >= 11 is 6.63. The maximum absolute atomic E-state index is 6.63. The molecule has 1 aromatic heterocycles. The lowest BCUT2D eigenvalue weighted by atomic mass is 9.87. The Bertz CT molecular complexity index is 1930. The van der Waals surface area contributed by atoms with E-state index in [4.69, 9.17) is 16.6 Å². The Labute approximate surface area is 320 Å². The summed E-state index contributed by atoms with van der Waals surface area (Å²) in [7, 11) is 2.07. The highest BCUT2D eigenvalue weighted by atomic mass is 35.5. The number of halogens is 1. The molecule has 5 heterocycles. The van der Waals surface area contributed by atoms with Gasteiger partial charge < -0.3 is 25.3 Å². The molecule has 0 amide bonds. The van der Waals surface area contributed by atoms with Gasteiger partial charge in [-0.15, -0.1) is 6.58 Å². The second kappa shape index (κ2) is 16.1. The zero-order valence-electron chi connectivity index (χ0n) is 31.2. The molecule has 8 nitrogen and oxygen atoms in total. The molecular formula is C44H53ClN8. The number of allylic oxidation sites excluding steroid dienone is 4. The van der Waals surface area contributed by atoms with Gasteiger partial charge in [0.2, 0.25) is 5.95 Å². The SMILES string of the molecule is C=CCCC1=Cc2cc(Nc3nc(N4CCC(CN5CCN(C(=C)c6cccc(C7CCC(=C)NC7=C)c6)CC5)CC4)ncc3Cl)ccc2N(C)C1=C. The second-order valence-electron chi connectivity index (χ2n) is 14.9. The first-order valence-corrected chi connectivity index (χ1v) is 19.4. The summed E-state index contributed by atoms with van der Waals surface area (Å²) in [5.41, 5.74) is 11.2. The van der Waals surface area contributed by atoms with Gasteiger partial charge in [-0.25, -0.2) is 4.98 Å². The molecule has 2 N–H and O–H groups in total. The zero-order valence-corrected chi connectivity index (χ0v) is 32.0. The smallest absolute Gasteiger partial charge is 0.227 e. The van der Waals surface area contributed by atoms with Gasteiger partial charge in [0, 0.05) is 98.5 Å². The molecule has 3 aromatic rings. The Kier molecular flexibility index (Phi) is 11.1. The van der Waals surface area contributed by atoms with Gasteiger partial charge in [-0.3, -0.25) is 4.90 Å². The van der Waals surface area contributed by atoms with Gasteiger partial charge >= 0.3 is 0 Å². The summed E-state index contributed by atoms with van der Waals surface area (Å²) in [5, 5.41) is 7.34. The van der Waals surface area contributed by atoms with Gasteiger partial charge in [-0.2, -0.15) is 4.98 Å². The third kappa shape index (κ3) is 8.24. The number of piperidine rings is 2. The van der Waals surface area contributed by atoms with E-state index in [0.717, 1.165) is 130 Å². The van der Waals surface area contributed by atoms with Crippen LogP contribution in [0.5, 0.6) is 0 Å². The lowest BCUT2D eigenvalue weighted by Crippen LogP contribution is -2.48. The summed E-state index contributed by atoms with van der Waals surface area (Å²) in [6, 6.07) is 15.2. The largest absolute Gasteiger partial charge is 0.369 e. The predicted molar refractivity (Wildman–Crippen MR) is 224 cm³/mol. The summed E-state index contributed by atoms with van der Waals surface area (Å²) in [5.74, 6) is 2.31. The van der Waals surface area contributed by atoms with Crippen LogP contribution in [0.4, 0.5) is 23.1 Å². The number of hydrogen-bond donors (Lipinski definition) is 2. The first-order valence-electron chi connectivity index (χ1n) is 19.0. The van der Waals surface area contributed by atoms with Gasteiger partial charge in [0.1, 0.15) is 5.02 Å². The van der Waals surface area contributed by atoms with Gasteiger partial charge in [0.15, 0.2) is 5.82 Å². The number of likely N-dealkylation sites (N-methyl/N-ethyl adjacent to an activating group) is 1. The van der Waals surface area contributed by atoms with Crippen molar-refractivity contribution in [1.82, 2.24) is 25.1 Å². The van der Waals surface area contributed by atoms with Crippen LogP contribution in [0.3, 0.4) is 0 Å². The van der Waals surface area contributed by atoms with E-state index < -0.39 is 0 Å². The summed E-state index contributed by atoms with van der Waals surface area (Å²) in [6.07, 6.45) is 12.0. The summed E-state index contributed by atoms with van der Waals surface area (Å²) in [4.78, 5) is 19.1. The van der Waals surface area contributed by atoms with Crippen molar-refractivity contribution in [2.24, 2.45) is 5.92 Å². The van der Waals surface area contributed by atoms with Gasteiger partial charge in [0.25, 0.3) is 0 Å². The summed E-state index contributed by atoms with van der Waals surface area (Å²) in [6.45, 7) is 28.2. The van der Waals surface area contributed by atoms with Crippen LogP contribution >= 0.6 is 11.6 Å². The topological polar surface area (TPSA) is 62.8 Å². The molecule has 3 fully saturated rings. The molecule has 1 atom stereocenters. The van der Waals surface area contributed by atoms with E-state index >= 15 is 0 Å². The Morgan fingerprint density at radius 2 is 1.81 bits per heavy atom. The predicted octanol–water partition coefficient (Wildman–Crippen LogP) is 9.19. The molecule has 7 rings (SSSR count). The number of nitrogens with one attached hydrogen (secondary N) is 2. The van der Waals surface area contributed by atoms with Crippen molar-refractivity contribution in [2.75, 3.05) is 68.0 Å². The Balaban J connectivity index is 0.903. The maximum Gasteiger partial charge on any atom is 0.227 e. The van der Waals surface area contributed by atoms with Crippen molar-refractivity contribution < 1.29 is 0 Å². The molecular weight excluding hydrogens is 676 g/mol. The second-order valence-corrected chi connectivity index (χ2v) is 15.3. The number of aromatic nitrogens is 2. The number of fused-ring (bicyclic) bond motifs is 1. The molecule has 0 bridgehead atoms. The van der Waals surface area contributed by atoms with Gasteiger partial charge in [-0.05, 0) is 91.5 Å². The highest BCUT2D eigenvalue weighted by Crippen LogP contribution is 2.38. The van der Waals surface area contributed by atoms with Crippen LogP contribution in [-0.2, 0) is 0 Å². The van der Waals surface area contributed by atoms with Crippen LogP contribution in [0.1, 0.15) is 61.1 Å². The fraction of sp³-hybridized carbons (Fsp3) is 0.364. The van der Waals surface area contributed by atoms with Crippen LogP contribution < -0.4 is 20.4 Å². The monoisotopic (exact) mass is 728 g/mol. The molecule has 4 aliphatic heterocycles. The molecule has 1 unspecified atom stereocenters. The Morgan fingerprint density at radius 3 is 2.57 bits per heavy atom. The number of piperazine rings is 1. The average molecular weight is 729 g/mol. The minimum atomic E-state index is 0.310. The lowest BCUT2D eigenvalue weighted by Gasteiger charge is -2.40. The maximum atomic E-state index is 6.63. The standard InChI is InChI=1S/C44H53ClN8/c1-7-8-10-35-26-38-27-39(14-16-42(38)50(6)32(35)4)48-43-41(45)28-46-44(49-43)53-19-17-34(18-20-53)29-51-21-23-52(24-22-51)33(5)36-11-9-12-37(25-36)40-15-13-30(2)47-31(40)3/h7,9,11-12,14,16,25-28,34,40,47H,1-5,8,10,13,15,17-24,29H2,6H3,(H,46,48,49).